The van der Waals surface area contributed by atoms with Gasteiger partial charge in [-0.15, -0.1) is 12.0 Å². The summed E-state index contributed by atoms with van der Waals surface area (Å²) in [4.78, 5) is 0. The fourth-order valence-corrected chi connectivity index (χ4v) is 5.81. The Morgan fingerprint density at radius 2 is 1.50 bits per heavy atom. The molecule has 0 amide bonds. The van der Waals surface area contributed by atoms with Crippen LogP contribution in [0.25, 0.3) is 0 Å². The molecule has 2 atom stereocenters. The molecule has 0 heterocycles. The summed E-state index contributed by atoms with van der Waals surface area (Å²) in [7, 11) is -3.31. The van der Waals surface area contributed by atoms with Gasteiger partial charge in [0.15, 0.2) is 8.32 Å². The van der Waals surface area contributed by atoms with Gasteiger partial charge in [-0.05, 0) is 43.2 Å². The van der Waals surface area contributed by atoms with E-state index in [1.807, 2.05) is 0 Å². The predicted octanol–water partition coefficient (Wildman–Crippen LogP) is 5.70. The van der Waals surface area contributed by atoms with E-state index in [2.05, 4.69) is 78.9 Å². The zero-order valence-electron chi connectivity index (χ0n) is 16.3. The van der Waals surface area contributed by atoms with Gasteiger partial charge in [-0.3, -0.25) is 0 Å². The Labute approximate surface area is 141 Å². The maximum atomic E-state index is 6.53. The summed E-state index contributed by atoms with van der Waals surface area (Å²) in [5.74, 6) is 6.35. The third-order valence-corrected chi connectivity index (χ3v) is 14.6. The molecule has 0 unspecified atom stereocenters. The molecular formula is C19H36OSi2. The second kappa shape index (κ2) is 8.39. The molecule has 0 aromatic rings. The molecule has 0 saturated heterocycles. The van der Waals surface area contributed by atoms with E-state index >= 15 is 0 Å². The van der Waals surface area contributed by atoms with Gasteiger partial charge < -0.3 is 4.43 Å². The van der Waals surface area contributed by atoms with E-state index in [4.69, 9.17) is 10.8 Å². The number of terminal acetylenes is 1. The highest BCUT2D eigenvalue weighted by atomic mass is 28.4. The van der Waals surface area contributed by atoms with E-state index in [1.165, 1.54) is 18.1 Å². The lowest BCUT2D eigenvalue weighted by atomic mass is 10.1. The first-order valence-corrected chi connectivity index (χ1v) is 14.2. The summed E-state index contributed by atoms with van der Waals surface area (Å²) < 4.78 is 6.53. The summed E-state index contributed by atoms with van der Waals surface area (Å²) in [6, 6.07) is 3.64. The Hall–Kier alpha value is -0.486. The van der Waals surface area contributed by atoms with Crippen molar-refractivity contribution in [3.8, 4) is 23.8 Å². The van der Waals surface area contributed by atoms with Gasteiger partial charge in [-0.2, -0.15) is 0 Å². The summed E-state index contributed by atoms with van der Waals surface area (Å²) in [5.41, 5.74) is 3.66. The van der Waals surface area contributed by atoms with Crippen molar-refractivity contribution in [1.29, 1.82) is 0 Å². The van der Waals surface area contributed by atoms with Crippen LogP contribution in [0.15, 0.2) is 0 Å². The Kier molecular flexibility index (Phi) is 8.20. The quantitative estimate of drug-likeness (QED) is 0.447. The highest BCUT2D eigenvalue weighted by molar-refractivity contribution is 6.87. The SMILES string of the molecule is C#C[C@@H](C)[C@@H](C#C[Si](CC)(CC)CC)O[Si](C)(C)C(C)(C)C. The second-order valence-corrected chi connectivity index (χ2v) is 17.6. The minimum Gasteiger partial charge on any atom is -0.402 e. The molecule has 22 heavy (non-hydrogen) atoms. The van der Waals surface area contributed by atoms with Crippen molar-refractivity contribution >= 4 is 16.4 Å². The minimum atomic E-state index is -1.86. The summed E-state index contributed by atoms with van der Waals surface area (Å²) >= 11 is 0. The van der Waals surface area contributed by atoms with Crippen LogP contribution in [0.4, 0.5) is 0 Å². The first-order chi connectivity index (χ1) is 9.98. The molecule has 0 saturated carbocycles. The van der Waals surface area contributed by atoms with Crippen LogP contribution in [0, 0.1) is 29.7 Å². The fraction of sp³-hybridized carbons (Fsp3) is 0.789. The van der Waals surface area contributed by atoms with Crippen LogP contribution < -0.4 is 0 Å². The van der Waals surface area contributed by atoms with Gasteiger partial charge in [0, 0.05) is 0 Å². The van der Waals surface area contributed by atoms with Crippen LogP contribution in [-0.2, 0) is 4.43 Å². The van der Waals surface area contributed by atoms with Crippen LogP contribution in [0.2, 0.25) is 36.3 Å². The van der Waals surface area contributed by atoms with Gasteiger partial charge in [0.2, 0.25) is 0 Å². The van der Waals surface area contributed by atoms with Crippen molar-refractivity contribution in [2.75, 3.05) is 0 Å². The van der Waals surface area contributed by atoms with Crippen molar-refractivity contribution < 1.29 is 4.43 Å². The summed E-state index contributed by atoms with van der Waals surface area (Å²) in [5, 5.41) is 0.177. The zero-order valence-corrected chi connectivity index (χ0v) is 18.3. The summed E-state index contributed by atoms with van der Waals surface area (Å²) in [6.07, 6.45) is 5.54. The molecule has 0 aromatic carbocycles. The molecular weight excluding hydrogens is 300 g/mol. The molecule has 0 fully saturated rings. The van der Waals surface area contributed by atoms with Crippen molar-refractivity contribution in [2.45, 2.75) is 90.8 Å². The molecule has 0 aliphatic heterocycles. The smallest absolute Gasteiger partial charge is 0.193 e. The molecule has 1 nitrogen and oxygen atoms in total. The Bertz CT molecular complexity index is 431. The van der Waals surface area contributed by atoms with E-state index in [-0.39, 0.29) is 17.1 Å². The third kappa shape index (κ3) is 5.61. The van der Waals surface area contributed by atoms with Gasteiger partial charge in [0.25, 0.3) is 0 Å². The van der Waals surface area contributed by atoms with Crippen molar-refractivity contribution in [3.63, 3.8) is 0 Å². The molecule has 0 aliphatic rings. The molecule has 0 bridgehead atoms. The molecule has 3 heteroatoms. The van der Waals surface area contributed by atoms with Gasteiger partial charge in [0.05, 0.1) is 5.92 Å². The predicted molar refractivity (Wildman–Crippen MR) is 105 cm³/mol. The number of hydrogen-bond donors (Lipinski definition) is 0. The fourth-order valence-electron chi connectivity index (χ4n) is 2.08. The normalized spacial score (nSPS) is 15.5. The van der Waals surface area contributed by atoms with Crippen LogP contribution >= 0.6 is 0 Å². The van der Waals surface area contributed by atoms with E-state index in [0.29, 0.717) is 0 Å². The van der Waals surface area contributed by atoms with Crippen molar-refractivity contribution in [1.82, 2.24) is 0 Å². The van der Waals surface area contributed by atoms with Crippen LogP contribution in [0.1, 0.15) is 48.5 Å². The number of hydrogen-bond acceptors (Lipinski definition) is 1. The van der Waals surface area contributed by atoms with Gasteiger partial charge in [0.1, 0.15) is 14.2 Å². The molecule has 0 radical (unpaired) electrons. The largest absolute Gasteiger partial charge is 0.402 e. The first-order valence-electron chi connectivity index (χ1n) is 8.65. The topological polar surface area (TPSA) is 9.23 Å². The average molecular weight is 337 g/mol. The lowest BCUT2D eigenvalue weighted by Crippen LogP contribution is -2.45. The first kappa shape index (κ1) is 21.5. The maximum absolute atomic E-state index is 6.53. The van der Waals surface area contributed by atoms with Crippen LogP contribution in [0.3, 0.4) is 0 Å². The van der Waals surface area contributed by atoms with Gasteiger partial charge in [-0.1, -0.05) is 53.4 Å². The van der Waals surface area contributed by atoms with E-state index in [1.54, 1.807) is 0 Å². The van der Waals surface area contributed by atoms with E-state index in [0.717, 1.165) is 0 Å². The van der Waals surface area contributed by atoms with Gasteiger partial charge in [-0.25, -0.2) is 0 Å². The molecule has 0 aromatic heterocycles. The van der Waals surface area contributed by atoms with Gasteiger partial charge >= 0.3 is 0 Å². The van der Waals surface area contributed by atoms with Crippen LogP contribution in [0.5, 0.6) is 0 Å². The molecule has 0 aliphatic carbocycles. The standard InChI is InChI=1S/C19H36OSi2/c1-11-17(5)18(20-21(9,10)19(6,7)8)15-16-22(12-2,13-3)14-4/h1,17-18H,12-14H2,2-10H3/t17-,18-/m1/s1. The second-order valence-electron chi connectivity index (χ2n) is 7.86. The van der Waals surface area contributed by atoms with E-state index in [9.17, 15) is 0 Å². The highest BCUT2D eigenvalue weighted by Crippen LogP contribution is 2.38. The maximum Gasteiger partial charge on any atom is 0.193 e. The number of rotatable bonds is 6. The van der Waals surface area contributed by atoms with Crippen molar-refractivity contribution in [2.24, 2.45) is 5.92 Å². The highest BCUT2D eigenvalue weighted by Gasteiger charge is 2.39. The lowest BCUT2D eigenvalue weighted by molar-refractivity contribution is 0.202. The summed E-state index contributed by atoms with van der Waals surface area (Å²) in [6.45, 7) is 20.2. The Balaban J connectivity index is 5.50. The molecule has 126 valence electrons. The Morgan fingerprint density at radius 3 is 1.82 bits per heavy atom. The van der Waals surface area contributed by atoms with Crippen molar-refractivity contribution in [3.05, 3.63) is 0 Å². The van der Waals surface area contributed by atoms with Crippen LogP contribution in [-0.4, -0.2) is 22.5 Å². The van der Waals surface area contributed by atoms with E-state index < -0.39 is 16.4 Å². The molecule has 0 rings (SSSR count). The minimum absolute atomic E-state index is 0.0406. The average Bonchev–Trinajstić information content (AvgIpc) is 2.45. The lowest BCUT2D eigenvalue weighted by Gasteiger charge is -2.39. The monoisotopic (exact) mass is 336 g/mol. The Morgan fingerprint density at radius 1 is 1.05 bits per heavy atom. The third-order valence-electron chi connectivity index (χ3n) is 5.45. The molecule has 0 spiro atoms. The molecule has 0 N–H and O–H groups in total. The zero-order chi connectivity index (χ0) is 17.6.